The molecule has 0 fully saturated rings. The Bertz CT molecular complexity index is 707. The quantitative estimate of drug-likeness (QED) is 0.662. The Morgan fingerprint density at radius 3 is 2.95 bits per heavy atom. The fourth-order valence-corrected chi connectivity index (χ4v) is 2.67. The maximum Gasteiger partial charge on any atom is 0.160 e. The van der Waals surface area contributed by atoms with Crippen LogP contribution in [0.25, 0.3) is 11.2 Å². The molecule has 0 bridgehead atoms. The molecule has 0 saturated carbocycles. The number of rotatable bonds is 5. The summed E-state index contributed by atoms with van der Waals surface area (Å²) >= 11 is 9.29. The number of hydrogen-bond donors (Lipinski definition) is 0. The van der Waals surface area contributed by atoms with Crippen molar-refractivity contribution in [2.75, 3.05) is 5.88 Å². The topological polar surface area (TPSA) is 48.5 Å². The summed E-state index contributed by atoms with van der Waals surface area (Å²) in [5.74, 6) is 1.52. The van der Waals surface area contributed by atoms with Gasteiger partial charge in [0.2, 0.25) is 0 Å². The lowest BCUT2D eigenvalue weighted by atomic mass is 10.4. The average Bonchev–Trinajstić information content (AvgIpc) is 3.04. The first-order valence-electron chi connectivity index (χ1n) is 6.30. The van der Waals surface area contributed by atoms with Gasteiger partial charge < -0.3 is 9.13 Å². The fraction of sp³-hybridized carbons (Fsp3) is 0.308. The van der Waals surface area contributed by atoms with Gasteiger partial charge in [-0.3, -0.25) is 0 Å². The highest BCUT2D eigenvalue weighted by Gasteiger charge is 2.11. The van der Waals surface area contributed by atoms with E-state index in [1.165, 1.54) is 0 Å². The third kappa shape index (κ3) is 2.71. The molecule has 0 atom stereocenters. The first-order valence-corrected chi connectivity index (χ1v) is 7.63. The molecule has 5 nitrogen and oxygen atoms in total. The van der Waals surface area contributed by atoms with Crippen LogP contribution in [0.4, 0.5) is 0 Å². The van der Waals surface area contributed by atoms with Crippen LogP contribution in [-0.2, 0) is 19.5 Å². The molecule has 0 radical (unpaired) electrons. The molecule has 0 aromatic carbocycles. The predicted octanol–water partition coefficient (Wildman–Crippen LogP) is 2.87. The Balaban J connectivity index is 1.95. The number of hydrogen-bond acceptors (Lipinski definition) is 3. The molecule has 0 unspecified atom stereocenters. The Morgan fingerprint density at radius 1 is 1.30 bits per heavy atom. The molecule has 7 heteroatoms. The van der Waals surface area contributed by atoms with E-state index in [0.717, 1.165) is 41.0 Å². The smallest absolute Gasteiger partial charge is 0.160 e. The van der Waals surface area contributed by atoms with E-state index in [4.69, 9.17) is 11.6 Å². The van der Waals surface area contributed by atoms with Crippen LogP contribution in [-0.4, -0.2) is 30.0 Å². The minimum Gasteiger partial charge on any atom is -0.336 e. The van der Waals surface area contributed by atoms with Gasteiger partial charge in [0.05, 0.1) is 6.33 Å². The van der Waals surface area contributed by atoms with E-state index in [0.29, 0.717) is 5.88 Å². The van der Waals surface area contributed by atoms with E-state index in [2.05, 4.69) is 35.4 Å². The van der Waals surface area contributed by atoms with Crippen molar-refractivity contribution in [1.82, 2.24) is 24.1 Å². The molecular formula is C13H13BrClN5. The minimum atomic E-state index is 0.551. The number of fused-ring (bicyclic) bond motifs is 1. The van der Waals surface area contributed by atoms with Crippen LogP contribution in [0.2, 0.25) is 0 Å². The van der Waals surface area contributed by atoms with Crippen LogP contribution in [0.1, 0.15) is 5.82 Å². The Morgan fingerprint density at radius 2 is 2.20 bits per heavy atom. The zero-order valence-electron chi connectivity index (χ0n) is 10.7. The molecule has 0 aliphatic carbocycles. The zero-order valence-corrected chi connectivity index (χ0v) is 13.0. The highest BCUT2D eigenvalue weighted by atomic mass is 79.9. The number of aryl methyl sites for hydroxylation is 3. The monoisotopic (exact) mass is 353 g/mol. The molecule has 0 saturated heterocycles. The molecule has 104 valence electrons. The minimum absolute atomic E-state index is 0.551. The predicted molar refractivity (Wildman–Crippen MR) is 81.9 cm³/mol. The maximum atomic E-state index is 5.87. The lowest BCUT2D eigenvalue weighted by Crippen LogP contribution is -2.10. The highest BCUT2D eigenvalue weighted by Crippen LogP contribution is 2.19. The zero-order chi connectivity index (χ0) is 13.9. The summed E-state index contributed by atoms with van der Waals surface area (Å²) in [6.45, 7) is 1.63. The van der Waals surface area contributed by atoms with Crippen molar-refractivity contribution < 1.29 is 0 Å². The molecule has 3 heterocycles. The van der Waals surface area contributed by atoms with Gasteiger partial charge in [-0.1, -0.05) is 0 Å². The van der Waals surface area contributed by atoms with Crippen LogP contribution < -0.4 is 0 Å². The summed E-state index contributed by atoms with van der Waals surface area (Å²) in [4.78, 5) is 13.1. The van der Waals surface area contributed by atoms with Gasteiger partial charge in [0, 0.05) is 48.5 Å². The van der Waals surface area contributed by atoms with E-state index in [9.17, 15) is 0 Å². The van der Waals surface area contributed by atoms with Crippen molar-refractivity contribution in [3.8, 4) is 0 Å². The van der Waals surface area contributed by atoms with E-state index in [1.54, 1.807) is 12.4 Å². The van der Waals surface area contributed by atoms with Gasteiger partial charge in [-0.05, 0) is 22.0 Å². The molecule has 0 N–H and O–H groups in total. The van der Waals surface area contributed by atoms with Crippen molar-refractivity contribution in [2.45, 2.75) is 19.5 Å². The number of imidazole rings is 2. The van der Waals surface area contributed by atoms with E-state index in [-0.39, 0.29) is 0 Å². The normalized spacial score (nSPS) is 11.3. The standard InChI is InChI=1S/C13H13BrClN5/c14-10-7-11-13(17-8-10)20(12(18-11)1-2-15)6-5-19-4-3-16-9-19/h3-4,7-9H,1-2,5-6H2. The number of halogens is 2. The van der Waals surface area contributed by atoms with Gasteiger partial charge in [0.15, 0.2) is 5.65 Å². The van der Waals surface area contributed by atoms with Gasteiger partial charge in [-0.25, -0.2) is 15.0 Å². The van der Waals surface area contributed by atoms with Crippen LogP contribution in [0.15, 0.2) is 35.5 Å². The second kappa shape index (κ2) is 5.93. The van der Waals surface area contributed by atoms with Gasteiger partial charge in [-0.15, -0.1) is 11.6 Å². The molecule has 0 aliphatic rings. The second-order valence-electron chi connectivity index (χ2n) is 4.42. The van der Waals surface area contributed by atoms with Crippen LogP contribution in [0, 0.1) is 0 Å². The molecule has 0 aliphatic heterocycles. The number of aromatic nitrogens is 5. The lowest BCUT2D eigenvalue weighted by Gasteiger charge is -2.08. The number of nitrogens with zero attached hydrogens (tertiary/aromatic N) is 5. The molecule has 0 amide bonds. The highest BCUT2D eigenvalue weighted by molar-refractivity contribution is 9.10. The third-order valence-electron chi connectivity index (χ3n) is 3.09. The van der Waals surface area contributed by atoms with Crippen LogP contribution in [0.5, 0.6) is 0 Å². The summed E-state index contributed by atoms with van der Waals surface area (Å²) in [6.07, 6.45) is 8.07. The van der Waals surface area contributed by atoms with Crippen molar-refractivity contribution in [2.24, 2.45) is 0 Å². The van der Waals surface area contributed by atoms with E-state index in [1.807, 2.05) is 23.2 Å². The van der Waals surface area contributed by atoms with E-state index < -0.39 is 0 Å². The van der Waals surface area contributed by atoms with Crippen LogP contribution in [0.3, 0.4) is 0 Å². The van der Waals surface area contributed by atoms with E-state index >= 15 is 0 Å². The second-order valence-corrected chi connectivity index (χ2v) is 5.71. The summed E-state index contributed by atoms with van der Waals surface area (Å²) in [5.41, 5.74) is 1.79. The summed E-state index contributed by atoms with van der Waals surface area (Å²) in [5, 5.41) is 0. The summed E-state index contributed by atoms with van der Waals surface area (Å²) in [6, 6.07) is 1.98. The van der Waals surface area contributed by atoms with Gasteiger partial charge >= 0.3 is 0 Å². The number of pyridine rings is 1. The Hall–Kier alpha value is -1.40. The average molecular weight is 355 g/mol. The molecule has 3 aromatic rings. The first kappa shape index (κ1) is 13.6. The van der Waals surface area contributed by atoms with Gasteiger partial charge in [-0.2, -0.15) is 0 Å². The van der Waals surface area contributed by atoms with Crippen LogP contribution >= 0.6 is 27.5 Å². The molecule has 0 spiro atoms. The summed E-state index contributed by atoms with van der Waals surface area (Å²) < 4.78 is 5.10. The number of alkyl halides is 1. The first-order chi connectivity index (χ1) is 9.78. The largest absolute Gasteiger partial charge is 0.336 e. The molecule has 20 heavy (non-hydrogen) atoms. The van der Waals surface area contributed by atoms with Gasteiger partial charge in [0.1, 0.15) is 11.3 Å². The van der Waals surface area contributed by atoms with Crippen molar-refractivity contribution in [3.05, 3.63) is 41.3 Å². The van der Waals surface area contributed by atoms with Crippen molar-refractivity contribution in [1.29, 1.82) is 0 Å². The lowest BCUT2D eigenvalue weighted by molar-refractivity contribution is 0.569. The SMILES string of the molecule is ClCCc1nc2cc(Br)cnc2n1CCn1ccnc1. The van der Waals surface area contributed by atoms with Crippen molar-refractivity contribution >= 4 is 38.7 Å². The molecular weight excluding hydrogens is 342 g/mol. The third-order valence-corrected chi connectivity index (χ3v) is 3.71. The van der Waals surface area contributed by atoms with Crippen molar-refractivity contribution in [3.63, 3.8) is 0 Å². The Labute approximate surface area is 129 Å². The summed E-state index contributed by atoms with van der Waals surface area (Å²) in [7, 11) is 0. The Kier molecular flexibility index (Phi) is 4.03. The fourth-order valence-electron chi connectivity index (χ4n) is 2.18. The molecule has 3 rings (SSSR count). The van der Waals surface area contributed by atoms with Gasteiger partial charge in [0.25, 0.3) is 0 Å². The maximum absolute atomic E-state index is 5.87. The molecule has 3 aromatic heterocycles.